The summed E-state index contributed by atoms with van der Waals surface area (Å²) < 4.78 is 11.9. The Labute approximate surface area is 96.0 Å². The number of halogens is 2. The summed E-state index contributed by atoms with van der Waals surface area (Å²) in [4.78, 5) is 1.06. The molecule has 1 heterocycles. The average Bonchev–Trinajstić information content (AvgIpc) is 2.24. The Balaban J connectivity index is 2.20. The van der Waals surface area contributed by atoms with Gasteiger partial charge in [-0.05, 0) is 19.5 Å². The van der Waals surface area contributed by atoms with Crippen molar-refractivity contribution >= 4 is 39.0 Å². The van der Waals surface area contributed by atoms with Crippen LogP contribution in [0.4, 0.5) is 0 Å². The zero-order valence-electron chi connectivity index (χ0n) is 7.59. The lowest BCUT2D eigenvalue weighted by atomic mass is 9.94. The summed E-state index contributed by atoms with van der Waals surface area (Å²) >= 11 is 7.31. The summed E-state index contributed by atoms with van der Waals surface area (Å²) in [5, 5.41) is 0. The van der Waals surface area contributed by atoms with Crippen LogP contribution in [0.15, 0.2) is 11.1 Å². The molecular weight excluding hydrogens is 315 g/mol. The number of hydrogen-bond donors (Lipinski definition) is 0. The van der Waals surface area contributed by atoms with Crippen molar-refractivity contribution in [3.63, 3.8) is 0 Å². The largest absolute Gasteiger partial charge is 0.323 e. The minimum atomic E-state index is -1.82. The van der Waals surface area contributed by atoms with E-state index < -0.39 is 7.14 Å². The van der Waals surface area contributed by atoms with Crippen LogP contribution >= 0.6 is 39.0 Å². The fraction of sp³-hybridized carbons (Fsp3) is 0.778. The van der Waals surface area contributed by atoms with E-state index in [1.54, 1.807) is 0 Å². The van der Waals surface area contributed by atoms with Crippen LogP contribution in [0.3, 0.4) is 0 Å². The van der Waals surface area contributed by atoms with Crippen molar-refractivity contribution in [1.82, 2.24) is 0 Å². The first-order chi connectivity index (χ1) is 5.98. The molecule has 0 unspecified atom stereocenters. The number of hydrogen-bond acceptors (Lipinski definition) is 1. The number of rotatable bonds is 0. The Morgan fingerprint density at radius 3 is 1.92 bits per heavy atom. The fourth-order valence-corrected chi connectivity index (χ4v) is 5.82. The minimum Gasteiger partial charge on any atom is -0.323 e. The lowest BCUT2D eigenvalue weighted by Crippen LogP contribution is -2.21. The zero-order valence-corrected chi connectivity index (χ0v) is 11.7. The molecule has 0 spiro atoms. The van der Waals surface area contributed by atoms with Gasteiger partial charge in [-0.15, -0.1) is 0 Å². The first kappa shape index (κ1) is 10.4. The maximum atomic E-state index is 11.9. The van der Waals surface area contributed by atoms with Crippen molar-refractivity contribution < 1.29 is 4.57 Å². The molecule has 0 N–H and O–H groups in total. The van der Waals surface area contributed by atoms with Gasteiger partial charge in [0.1, 0.15) is 0 Å². The van der Waals surface area contributed by atoms with Crippen molar-refractivity contribution in [1.29, 1.82) is 0 Å². The molecule has 0 aromatic rings. The highest BCUT2D eigenvalue weighted by Crippen LogP contribution is 2.55. The second-order valence-electron chi connectivity index (χ2n) is 4.26. The van der Waals surface area contributed by atoms with E-state index in [4.69, 9.17) is 0 Å². The van der Waals surface area contributed by atoms with Crippen LogP contribution in [-0.4, -0.2) is 28.6 Å². The summed E-state index contributed by atoms with van der Waals surface area (Å²) in [5.41, 5.74) is 2.95. The predicted molar refractivity (Wildman–Crippen MR) is 65.0 cm³/mol. The Bertz CT molecular complexity index is 285. The third-order valence-electron chi connectivity index (χ3n) is 2.83. The molecule has 2 atom stereocenters. The Morgan fingerprint density at radius 2 is 1.54 bits per heavy atom. The van der Waals surface area contributed by atoms with E-state index in [0.29, 0.717) is 9.65 Å². The summed E-state index contributed by atoms with van der Waals surface area (Å²) in [5.74, 6) is 0. The van der Waals surface area contributed by atoms with Gasteiger partial charge in [0.25, 0.3) is 0 Å². The molecule has 74 valence electrons. The van der Waals surface area contributed by atoms with Gasteiger partial charge in [-0.3, -0.25) is 0 Å². The van der Waals surface area contributed by atoms with Gasteiger partial charge in [0, 0.05) is 22.0 Å². The maximum Gasteiger partial charge on any atom is 0.0925 e. The van der Waals surface area contributed by atoms with Crippen LogP contribution in [0.5, 0.6) is 0 Å². The van der Waals surface area contributed by atoms with Gasteiger partial charge in [-0.25, -0.2) is 0 Å². The molecule has 0 saturated carbocycles. The molecule has 0 fully saturated rings. The molecule has 4 heteroatoms. The van der Waals surface area contributed by atoms with Crippen molar-refractivity contribution in [3.05, 3.63) is 11.1 Å². The molecular formula is C9H13Br2OP. The smallest absolute Gasteiger partial charge is 0.0925 e. The first-order valence-corrected chi connectivity index (χ1v) is 8.87. The second kappa shape index (κ2) is 3.50. The van der Waals surface area contributed by atoms with Gasteiger partial charge in [0.05, 0.1) is 7.14 Å². The van der Waals surface area contributed by atoms with E-state index in [2.05, 4.69) is 31.9 Å². The van der Waals surface area contributed by atoms with E-state index in [1.165, 1.54) is 11.1 Å². The molecule has 1 nitrogen and oxygen atoms in total. The van der Waals surface area contributed by atoms with Gasteiger partial charge >= 0.3 is 0 Å². The van der Waals surface area contributed by atoms with Crippen molar-refractivity contribution in [2.24, 2.45) is 0 Å². The third kappa shape index (κ3) is 2.13. The highest BCUT2D eigenvalue weighted by Gasteiger charge is 2.35. The molecule has 1 aliphatic carbocycles. The van der Waals surface area contributed by atoms with E-state index >= 15 is 0 Å². The second-order valence-corrected chi connectivity index (χ2v) is 9.84. The highest BCUT2D eigenvalue weighted by atomic mass is 79.9. The standard InChI is InChI=1S/C9H13Br2OP/c1-13(12)4-6-2-8(10)9(11)3-7(6)5-13/h8-9H,2-5H2,1H3/t8-,9-/m0/s1. The third-order valence-corrected chi connectivity index (χ3v) is 7.56. The summed E-state index contributed by atoms with van der Waals surface area (Å²) in [6, 6.07) is 0. The topological polar surface area (TPSA) is 17.1 Å². The van der Waals surface area contributed by atoms with Gasteiger partial charge in [-0.2, -0.15) is 0 Å². The van der Waals surface area contributed by atoms with Gasteiger partial charge in [0.2, 0.25) is 0 Å². The molecule has 0 aromatic heterocycles. The molecule has 0 saturated heterocycles. The van der Waals surface area contributed by atoms with E-state index in [9.17, 15) is 4.57 Å². The van der Waals surface area contributed by atoms with Gasteiger partial charge in [0.15, 0.2) is 0 Å². The number of alkyl halides is 2. The minimum absolute atomic E-state index is 0.532. The average molecular weight is 328 g/mol. The molecule has 0 radical (unpaired) electrons. The molecule has 0 amide bonds. The van der Waals surface area contributed by atoms with Crippen LogP contribution in [0.1, 0.15) is 12.8 Å². The summed E-state index contributed by atoms with van der Waals surface area (Å²) in [6.45, 7) is 1.94. The maximum absolute atomic E-state index is 11.9. The molecule has 2 aliphatic rings. The molecule has 13 heavy (non-hydrogen) atoms. The van der Waals surface area contributed by atoms with E-state index in [-0.39, 0.29) is 0 Å². The van der Waals surface area contributed by atoms with Crippen molar-refractivity contribution in [3.8, 4) is 0 Å². The predicted octanol–water partition coefficient (Wildman–Crippen LogP) is 3.61. The summed E-state index contributed by atoms with van der Waals surface area (Å²) in [6.07, 6.45) is 3.93. The molecule has 0 bridgehead atoms. The molecule has 2 rings (SSSR count). The lowest BCUT2D eigenvalue weighted by molar-refractivity contribution is 0.583. The van der Waals surface area contributed by atoms with E-state index in [1.807, 2.05) is 6.66 Å². The van der Waals surface area contributed by atoms with Crippen LogP contribution in [0, 0.1) is 0 Å². The van der Waals surface area contributed by atoms with Gasteiger partial charge < -0.3 is 4.57 Å². The Kier molecular flexibility index (Phi) is 2.81. The Morgan fingerprint density at radius 1 is 1.15 bits per heavy atom. The Hall–Kier alpha value is 0.930. The van der Waals surface area contributed by atoms with Crippen LogP contribution in [0.25, 0.3) is 0 Å². The zero-order chi connectivity index (χ0) is 9.64. The first-order valence-electron chi connectivity index (χ1n) is 4.51. The van der Waals surface area contributed by atoms with Crippen molar-refractivity contribution in [2.45, 2.75) is 22.5 Å². The monoisotopic (exact) mass is 326 g/mol. The number of allylic oxidation sites excluding steroid dienone is 2. The SMILES string of the molecule is CP1(=O)CC2=C(C[C@H](Br)[C@@H](Br)C2)C1. The quantitative estimate of drug-likeness (QED) is 0.377. The summed E-state index contributed by atoms with van der Waals surface area (Å²) in [7, 11) is -1.82. The fourth-order valence-electron chi connectivity index (χ4n) is 2.23. The van der Waals surface area contributed by atoms with E-state index in [0.717, 1.165) is 25.2 Å². The van der Waals surface area contributed by atoms with Crippen LogP contribution in [-0.2, 0) is 4.57 Å². The van der Waals surface area contributed by atoms with Gasteiger partial charge in [-0.1, -0.05) is 43.0 Å². The molecule has 1 aliphatic heterocycles. The molecule has 0 aromatic carbocycles. The highest BCUT2D eigenvalue weighted by molar-refractivity contribution is 9.12. The van der Waals surface area contributed by atoms with Crippen LogP contribution < -0.4 is 0 Å². The van der Waals surface area contributed by atoms with Crippen molar-refractivity contribution in [2.75, 3.05) is 19.0 Å². The van der Waals surface area contributed by atoms with Crippen LogP contribution in [0.2, 0.25) is 0 Å². The lowest BCUT2D eigenvalue weighted by Gasteiger charge is -2.24. The normalized spacial score (nSPS) is 37.8.